The fraction of sp³-hybridized carbons (Fsp3) is 0.364. The Morgan fingerprint density at radius 1 is 1.34 bits per heavy atom. The highest BCUT2D eigenvalue weighted by Crippen LogP contribution is 2.34. The van der Waals surface area contributed by atoms with Gasteiger partial charge in [-0.15, -0.1) is 0 Å². The molecule has 3 unspecified atom stereocenters. The van der Waals surface area contributed by atoms with Crippen LogP contribution in [0.15, 0.2) is 43.2 Å². The van der Waals surface area contributed by atoms with Gasteiger partial charge in [0.15, 0.2) is 0 Å². The molecule has 0 bridgehead atoms. The molecule has 13 heteroatoms. The fourth-order valence-corrected chi connectivity index (χ4v) is 4.70. The molecule has 35 heavy (non-hydrogen) atoms. The number of nitrogens with zero attached hydrogens (tertiary/aromatic N) is 9. The summed E-state index contributed by atoms with van der Waals surface area (Å²) in [4.78, 5) is 22.7. The molecule has 2 N–H and O–H groups in total. The van der Waals surface area contributed by atoms with Gasteiger partial charge in [0, 0.05) is 48.5 Å². The lowest BCUT2D eigenvalue weighted by molar-refractivity contribution is 0.332. The molecule has 0 aliphatic carbocycles. The molecule has 1 saturated heterocycles. The number of hydrogen-bond donors (Lipinski definition) is 2. The van der Waals surface area contributed by atoms with E-state index in [0.29, 0.717) is 18.8 Å². The monoisotopic (exact) mass is 493 g/mol. The van der Waals surface area contributed by atoms with Crippen molar-refractivity contribution in [3.8, 4) is 17.3 Å². The van der Waals surface area contributed by atoms with Crippen LogP contribution in [0.25, 0.3) is 22.3 Å². The summed E-state index contributed by atoms with van der Waals surface area (Å²) in [7, 11) is 3.16. The van der Waals surface area contributed by atoms with E-state index in [2.05, 4.69) is 41.0 Å². The lowest BCUT2D eigenvalue weighted by atomic mass is 9.96. The minimum absolute atomic E-state index is 0.110. The Balaban J connectivity index is 1.38. The van der Waals surface area contributed by atoms with Gasteiger partial charge in [0.25, 0.3) is 0 Å². The van der Waals surface area contributed by atoms with Crippen molar-refractivity contribution in [3.05, 3.63) is 43.2 Å². The molecule has 1 fully saturated rings. The van der Waals surface area contributed by atoms with E-state index in [-0.39, 0.29) is 21.8 Å². The van der Waals surface area contributed by atoms with E-state index in [1.165, 1.54) is 6.33 Å². The molecule has 180 valence electrons. The highest BCUT2D eigenvalue weighted by molar-refractivity contribution is 7.78. The zero-order chi connectivity index (χ0) is 24.6. The third-order valence-electron chi connectivity index (χ3n) is 6.46. The van der Waals surface area contributed by atoms with Crippen molar-refractivity contribution in [1.29, 1.82) is 5.26 Å². The first-order valence-corrected chi connectivity index (χ1v) is 12.2. The van der Waals surface area contributed by atoms with E-state index in [9.17, 15) is 14.0 Å². The van der Waals surface area contributed by atoms with Crippen LogP contribution in [0.4, 0.5) is 11.8 Å². The smallest absolute Gasteiger partial charge is 0.356 e. The van der Waals surface area contributed by atoms with Crippen molar-refractivity contribution in [2.45, 2.75) is 18.9 Å². The number of aromatic amines is 1. The quantitative estimate of drug-likeness (QED) is 0.292. The lowest BCUT2D eigenvalue weighted by Crippen LogP contribution is -2.43. The summed E-state index contributed by atoms with van der Waals surface area (Å²) in [6.07, 6.45) is 9.86. The van der Waals surface area contributed by atoms with Crippen LogP contribution in [-0.4, -0.2) is 70.6 Å². The molecular formula is C22H25N10O2S+. The van der Waals surface area contributed by atoms with Gasteiger partial charge < -0.3 is 9.88 Å². The number of nitriles is 1. The SMILES string of the molecule is C[N+](C)(c1nccc(N2CCC(C(CC#N)n3cc(-c4ncnc5[nH]ccc45)cn3)C2)n1)S(=O)O. The highest BCUT2D eigenvalue weighted by atomic mass is 32.2. The molecule has 0 spiro atoms. The van der Waals surface area contributed by atoms with Crippen LogP contribution in [-0.2, 0) is 11.3 Å². The first-order chi connectivity index (χ1) is 16.9. The standard InChI is InChI=1S/C22H24N10O2S/c1-32(2,35(33)34)22-25-9-5-19(29-22)30-10-6-15(12-30)18(3-7-23)31-13-16(11-28-31)20-17-4-8-24-21(17)27-14-26-20/h4-5,8-9,11,13-15,18H,3,6,10,12H2,1-2H3,(H-,24,26,27,33,34)/p+1. The maximum absolute atomic E-state index is 11.7. The predicted octanol–water partition coefficient (Wildman–Crippen LogP) is 2.30. The maximum Gasteiger partial charge on any atom is 0.366 e. The molecule has 4 aromatic heterocycles. The van der Waals surface area contributed by atoms with Gasteiger partial charge in [-0.2, -0.15) is 28.4 Å². The van der Waals surface area contributed by atoms with E-state index >= 15 is 0 Å². The van der Waals surface area contributed by atoms with Crippen LogP contribution in [0.3, 0.4) is 0 Å². The second kappa shape index (κ2) is 9.14. The molecule has 0 radical (unpaired) electrons. The number of H-pyrrole nitrogens is 1. The van der Waals surface area contributed by atoms with Crippen molar-refractivity contribution in [3.63, 3.8) is 0 Å². The normalized spacial score (nSPS) is 18.0. The van der Waals surface area contributed by atoms with Gasteiger partial charge in [-0.3, -0.25) is 9.23 Å². The van der Waals surface area contributed by atoms with Crippen LogP contribution in [0, 0.1) is 17.2 Å². The summed E-state index contributed by atoms with van der Waals surface area (Å²) in [5.74, 6) is 1.13. The molecule has 5 rings (SSSR count). The Bertz CT molecular complexity index is 1420. The molecule has 3 atom stereocenters. The Labute approximate surface area is 204 Å². The average molecular weight is 494 g/mol. The topological polar surface area (TPSA) is 149 Å². The number of aromatic nitrogens is 7. The van der Waals surface area contributed by atoms with E-state index in [4.69, 9.17) is 0 Å². The number of nitrogens with one attached hydrogen (secondary N) is 1. The van der Waals surface area contributed by atoms with Crippen LogP contribution < -0.4 is 8.79 Å². The Hall–Kier alpha value is -3.73. The molecule has 12 nitrogen and oxygen atoms in total. The highest BCUT2D eigenvalue weighted by Gasteiger charge is 2.34. The van der Waals surface area contributed by atoms with Gasteiger partial charge in [-0.1, -0.05) is 0 Å². The third-order valence-corrected chi connectivity index (χ3v) is 7.41. The van der Waals surface area contributed by atoms with Gasteiger partial charge in [0.2, 0.25) is 0 Å². The number of fused-ring (bicyclic) bond motifs is 1. The van der Waals surface area contributed by atoms with Crippen molar-refractivity contribution < 1.29 is 8.76 Å². The van der Waals surface area contributed by atoms with Crippen LogP contribution in [0.1, 0.15) is 18.9 Å². The van der Waals surface area contributed by atoms with Crippen molar-refractivity contribution in [2.75, 3.05) is 32.1 Å². The lowest BCUT2D eigenvalue weighted by Gasteiger charge is -2.24. The zero-order valence-corrected chi connectivity index (χ0v) is 20.1. The number of quaternary nitrogens is 1. The minimum Gasteiger partial charge on any atom is -0.356 e. The summed E-state index contributed by atoms with van der Waals surface area (Å²) < 4.78 is 22.9. The summed E-state index contributed by atoms with van der Waals surface area (Å²) in [5.41, 5.74) is 2.42. The van der Waals surface area contributed by atoms with Gasteiger partial charge in [-0.25, -0.2) is 9.97 Å². The van der Waals surface area contributed by atoms with Gasteiger partial charge in [-0.05, 0) is 18.6 Å². The first kappa shape index (κ1) is 23.0. The van der Waals surface area contributed by atoms with Crippen LogP contribution >= 0.6 is 0 Å². The molecule has 0 saturated carbocycles. The number of rotatable bonds is 7. The summed E-state index contributed by atoms with van der Waals surface area (Å²) in [6, 6.07) is 5.94. The Morgan fingerprint density at radius 3 is 3.00 bits per heavy atom. The van der Waals surface area contributed by atoms with Crippen molar-refractivity contribution in [1.82, 2.24) is 38.6 Å². The molecule has 4 aromatic rings. The predicted molar refractivity (Wildman–Crippen MR) is 131 cm³/mol. The second-order valence-corrected chi connectivity index (χ2v) is 10.3. The number of anilines is 1. The molecule has 1 aliphatic heterocycles. The van der Waals surface area contributed by atoms with E-state index in [0.717, 1.165) is 35.3 Å². The summed E-state index contributed by atoms with van der Waals surface area (Å²) in [6.45, 7) is 1.44. The second-order valence-electron chi connectivity index (χ2n) is 8.89. The molecule has 5 heterocycles. The average Bonchev–Trinajstić information content (AvgIpc) is 3.63. The zero-order valence-electron chi connectivity index (χ0n) is 19.3. The summed E-state index contributed by atoms with van der Waals surface area (Å²) in [5, 5.41) is 15.1. The van der Waals surface area contributed by atoms with Gasteiger partial charge in [0.1, 0.15) is 17.8 Å². The van der Waals surface area contributed by atoms with E-state index in [1.54, 1.807) is 32.6 Å². The van der Waals surface area contributed by atoms with Gasteiger partial charge in [0.05, 0.1) is 44.5 Å². The van der Waals surface area contributed by atoms with Gasteiger partial charge >= 0.3 is 17.2 Å². The minimum atomic E-state index is -2.16. The Morgan fingerprint density at radius 2 is 2.20 bits per heavy atom. The fourth-order valence-electron chi connectivity index (χ4n) is 4.47. The summed E-state index contributed by atoms with van der Waals surface area (Å²) >= 11 is -2.16. The first-order valence-electron chi connectivity index (χ1n) is 11.1. The van der Waals surface area contributed by atoms with Crippen LogP contribution in [0.2, 0.25) is 0 Å². The third kappa shape index (κ3) is 4.27. The molecule has 1 aliphatic rings. The largest absolute Gasteiger partial charge is 0.366 e. The maximum atomic E-state index is 11.7. The van der Waals surface area contributed by atoms with E-state index < -0.39 is 11.3 Å². The molecular weight excluding hydrogens is 468 g/mol. The van der Waals surface area contributed by atoms with E-state index in [1.807, 2.05) is 23.1 Å². The van der Waals surface area contributed by atoms with Crippen molar-refractivity contribution in [2.24, 2.45) is 5.92 Å². The van der Waals surface area contributed by atoms with Crippen molar-refractivity contribution >= 4 is 34.1 Å². The number of hydrogen-bond acceptors (Lipinski definition) is 8. The molecule has 0 aromatic carbocycles. The molecule has 0 amide bonds. The van der Waals surface area contributed by atoms with Crippen LogP contribution in [0.5, 0.6) is 0 Å². The Kier molecular flexibility index (Phi) is 6.01.